The van der Waals surface area contributed by atoms with Gasteiger partial charge >= 0.3 is 23.9 Å². The second-order valence-corrected chi connectivity index (χ2v) is 14.9. The number of hydrogen-bond acceptors (Lipinski definition) is 8. The summed E-state index contributed by atoms with van der Waals surface area (Å²) in [4.78, 5) is 51.3. The van der Waals surface area contributed by atoms with Crippen molar-refractivity contribution in [3.63, 3.8) is 0 Å². The van der Waals surface area contributed by atoms with Crippen LogP contribution in [0.2, 0.25) is 0 Å². The van der Waals surface area contributed by atoms with E-state index in [2.05, 4.69) is 0 Å². The Morgan fingerprint density at radius 1 is 0.390 bits per heavy atom. The quantitative estimate of drug-likeness (QED) is 0.107. The maximum atomic E-state index is 12.8. The van der Waals surface area contributed by atoms with Crippen molar-refractivity contribution in [1.82, 2.24) is 0 Å². The lowest BCUT2D eigenvalue weighted by molar-refractivity contribution is -0.173. The van der Waals surface area contributed by atoms with Crippen molar-refractivity contribution in [2.75, 3.05) is 26.4 Å². The van der Waals surface area contributed by atoms with E-state index in [1.165, 1.54) is 0 Å². The zero-order valence-electron chi connectivity index (χ0n) is 28.3. The Hall–Kier alpha value is -2.12. The van der Waals surface area contributed by atoms with Gasteiger partial charge in [0.25, 0.3) is 0 Å². The molecule has 0 heterocycles. The Balaban J connectivity index is 6.09. The Morgan fingerprint density at radius 2 is 0.561 bits per heavy atom. The van der Waals surface area contributed by atoms with Crippen LogP contribution in [0.4, 0.5) is 0 Å². The summed E-state index contributed by atoms with van der Waals surface area (Å²) in [7, 11) is 0. The van der Waals surface area contributed by atoms with Crippen LogP contribution < -0.4 is 0 Å². The van der Waals surface area contributed by atoms with E-state index >= 15 is 0 Å². The highest BCUT2D eigenvalue weighted by atomic mass is 16.6. The van der Waals surface area contributed by atoms with Gasteiger partial charge < -0.3 is 18.9 Å². The normalized spacial score (nSPS) is 13.0. The number of carbonyl (C=O) groups is 4. The highest BCUT2D eigenvalue weighted by molar-refractivity contribution is 5.72. The fraction of sp³-hybridized carbons (Fsp3) is 0.879. The van der Waals surface area contributed by atoms with E-state index in [9.17, 15) is 19.2 Å². The molecule has 8 nitrogen and oxygen atoms in total. The highest BCUT2D eigenvalue weighted by Gasteiger charge is 2.39. The Bertz CT molecular complexity index is 712. The van der Waals surface area contributed by atoms with Crippen molar-refractivity contribution in [1.29, 1.82) is 0 Å². The molecular formula is C33H60O8. The molecule has 0 aliphatic rings. The first-order chi connectivity index (χ1) is 18.6. The summed E-state index contributed by atoms with van der Waals surface area (Å²) in [5.41, 5.74) is -2.28. The van der Waals surface area contributed by atoms with Gasteiger partial charge in [0, 0.05) is 0 Å². The van der Waals surface area contributed by atoms with Crippen molar-refractivity contribution < 1.29 is 38.1 Å². The molecule has 0 aromatic heterocycles. The van der Waals surface area contributed by atoms with Crippen LogP contribution in [0.3, 0.4) is 0 Å². The minimum atomic E-state index is -1.25. The molecule has 0 rings (SSSR count). The summed E-state index contributed by atoms with van der Waals surface area (Å²) in [6.07, 6.45) is 3.92. The molecule has 41 heavy (non-hydrogen) atoms. The van der Waals surface area contributed by atoms with E-state index in [0.29, 0.717) is 0 Å². The lowest BCUT2D eigenvalue weighted by Crippen LogP contribution is -2.44. The van der Waals surface area contributed by atoms with E-state index in [-0.39, 0.29) is 73.8 Å². The van der Waals surface area contributed by atoms with Crippen molar-refractivity contribution in [3.8, 4) is 0 Å². The molecule has 0 saturated heterocycles. The topological polar surface area (TPSA) is 105 Å². The summed E-state index contributed by atoms with van der Waals surface area (Å²) in [6.45, 7) is 22.9. The van der Waals surface area contributed by atoms with Crippen LogP contribution >= 0.6 is 0 Å². The van der Waals surface area contributed by atoms with Gasteiger partial charge in [-0.15, -0.1) is 0 Å². The minimum Gasteiger partial charge on any atom is -0.465 e. The van der Waals surface area contributed by atoms with Crippen LogP contribution in [0.5, 0.6) is 0 Å². The van der Waals surface area contributed by atoms with Crippen LogP contribution in [0.25, 0.3) is 0 Å². The molecule has 8 heteroatoms. The molecule has 0 aromatic carbocycles. The van der Waals surface area contributed by atoms with Gasteiger partial charge in [-0.25, -0.2) is 0 Å². The van der Waals surface area contributed by atoms with Crippen LogP contribution in [0.15, 0.2) is 0 Å². The van der Waals surface area contributed by atoms with Crippen molar-refractivity contribution >= 4 is 23.9 Å². The standard InChI is InChI=1S/C33H60O8/c1-13-29(5,6)17-25(34)38-21-33(22-39-26(35)18-30(7,8)14-2,23-40-27(36)19-31(9,10)15-3)24-41-28(37)20-32(11,12)16-4/h13-24H2,1-12H3. The third-order valence-corrected chi connectivity index (χ3v) is 8.48. The number of ether oxygens (including phenoxy) is 4. The van der Waals surface area contributed by atoms with E-state index in [1.54, 1.807) is 0 Å². The van der Waals surface area contributed by atoms with Crippen LogP contribution in [0, 0.1) is 27.1 Å². The molecule has 0 amide bonds. The predicted octanol–water partition coefficient (Wildman–Crippen LogP) is 7.45. The van der Waals surface area contributed by atoms with E-state index < -0.39 is 29.3 Å². The zero-order valence-corrected chi connectivity index (χ0v) is 28.3. The average Bonchev–Trinajstić information content (AvgIpc) is 2.87. The molecule has 0 saturated carbocycles. The molecule has 0 radical (unpaired) electrons. The Kier molecular flexibility index (Phi) is 15.6. The van der Waals surface area contributed by atoms with Crippen LogP contribution in [-0.4, -0.2) is 50.3 Å². The number of carbonyl (C=O) groups excluding carboxylic acids is 4. The second kappa shape index (κ2) is 16.5. The number of rotatable bonds is 20. The molecule has 0 bridgehead atoms. The van der Waals surface area contributed by atoms with Crippen molar-refractivity contribution in [2.45, 2.75) is 134 Å². The third kappa shape index (κ3) is 16.8. The van der Waals surface area contributed by atoms with Gasteiger partial charge in [0.2, 0.25) is 0 Å². The van der Waals surface area contributed by atoms with Gasteiger partial charge in [-0.1, -0.05) is 109 Å². The van der Waals surface area contributed by atoms with Gasteiger partial charge in [-0.3, -0.25) is 19.2 Å². The largest absolute Gasteiger partial charge is 0.465 e. The Morgan fingerprint density at radius 3 is 0.707 bits per heavy atom. The predicted molar refractivity (Wildman–Crippen MR) is 161 cm³/mol. The third-order valence-electron chi connectivity index (χ3n) is 8.48. The van der Waals surface area contributed by atoms with Gasteiger partial charge in [-0.05, 0) is 21.7 Å². The first-order valence-electron chi connectivity index (χ1n) is 15.3. The summed E-state index contributed by atoms with van der Waals surface area (Å²) in [5.74, 6) is -1.68. The fourth-order valence-electron chi connectivity index (χ4n) is 3.45. The fourth-order valence-corrected chi connectivity index (χ4v) is 3.45. The maximum absolute atomic E-state index is 12.8. The van der Waals surface area contributed by atoms with Crippen LogP contribution in [0.1, 0.15) is 134 Å². The highest BCUT2D eigenvalue weighted by Crippen LogP contribution is 2.31. The molecule has 240 valence electrons. The summed E-state index contributed by atoms with van der Waals surface area (Å²) < 4.78 is 22.8. The molecule has 0 atom stereocenters. The SMILES string of the molecule is CCC(C)(C)CC(=O)OCC(COC(=O)CC(C)(C)CC)(COC(=O)CC(C)(C)CC)COC(=O)CC(C)(C)CC. The first kappa shape index (κ1) is 38.9. The van der Waals surface area contributed by atoms with E-state index in [1.807, 2.05) is 83.1 Å². The van der Waals surface area contributed by atoms with Gasteiger partial charge in [0.1, 0.15) is 31.8 Å². The number of esters is 4. The monoisotopic (exact) mass is 584 g/mol. The smallest absolute Gasteiger partial charge is 0.306 e. The summed E-state index contributed by atoms with van der Waals surface area (Å²) in [5, 5.41) is 0. The lowest BCUT2D eigenvalue weighted by atomic mass is 9.86. The average molecular weight is 585 g/mol. The molecule has 0 spiro atoms. The molecule has 0 unspecified atom stereocenters. The maximum Gasteiger partial charge on any atom is 0.306 e. The van der Waals surface area contributed by atoms with Crippen molar-refractivity contribution in [2.24, 2.45) is 27.1 Å². The number of hydrogen-bond donors (Lipinski definition) is 0. The minimum absolute atomic E-state index is 0.193. The van der Waals surface area contributed by atoms with Crippen molar-refractivity contribution in [3.05, 3.63) is 0 Å². The lowest BCUT2D eigenvalue weighted by Gasteiger charge is -2.33. The molecule has 0 aliphatic carbocycles. The Labute approximate surface area is 250 Å². The van der Waals surface area contributed by atoms with E-state index in [4.69, 9.17) is 18.9 Å². The molecule has 0 N–H and O–H groups in total. The van der Waals surface area contributed by atoms with Gasteiger partial charge in [-0.2, -0.15) is 0 Å². The molecule has 0 aromatic rings. The molecular weight excluding hydrogens is 524 g/mol. The summed E-state index contributed by atoms with van der Waals surface area (Å²) >= 11 is 0. The second-order valence-electron chi connectivity index (χ2n) is 14.9. The first-order valence-corrected chi connectivity index (χ1v) is 15.3. The van der Waals surface area contributed by atoms with Gasteiger partial charge in [0.15, 0.2) is 0 Å². The molecule has 0 fully saturated rings. The van der Waals surface area contributed by atoms with Crippen LogP contribution in [-0.2, 0) is 38.1 Å². The molecule has 0 aliphatic heterocycles. The van der Waals surface area contributed by atoms with Gasteiger partial charge in [0.05, 0.1) is 25.7 Å². The van der Waals surface area contributed by atoms with E-state index in [0.717, 1.165) is 25.7 Å². The summed E-state index contributed by atoms with van der Waals surface area (Å²) in [6, 6.07) is 0. The zero-order chi connectivity index (χ0) is 32.1.